The summed E-state index contributed by atoms with van der Waals surface area (Å²) in [6, 6.07) is 0. The Kier molecular flexibility index (Phi) is 54.8. The highest BCUT2D eigenvalue weighted by atomic mass is 31.2. The summed E-state index contributed by atoms with van der Waals surface area (Å²) in [5, 5.41) is 9.84. The molecule has 0 aliphatic rings. The molecule has 0 aromatic heterocycles. The summed E-state index contributed by atoms with van der Waals surface area (Å²) < 4.78 is 39.6. The first-order valence-corrected chi connectivity index (χ1v) is 31.6. The molecule has 0 amide bonds. The summed E-state index contributed by atoms with van der Waals surface area (Å²) in [4.78, 5) is 48.6. The van der Waals surface area contributed by atoms with E-state index >= 15 is 0 Å². The molecule has 0 radical (unpaired) electrons. The largest absolute Gasteiger partial charge is 0.472 e. The number of hydrogen-bond donors (Lipinski definition) is 2. The second kappa shape index (κ2) is 57.6. The van der Waals surface area contributed by atoms with E-state index in [1.807, 2.05) is 0 Å². The van der Waals surface area contributed by atoms with Gasteiger partial charge in [0.2, 0.25) is 0 Å². The van der Waals surface area contributed by atoms with Gasteiger partial charge in [0.05, 0.1) is 19.8 Å². The van der Waals surface area contributed by atoms with E-state index < -0.39 is 57.8 Å². The van der Waals surface area contributed by atoms with Gasteiger partial charge in [-0.15, -0.1) is 0 Å². The van der Waals surface area contributed by atoms with Gasteiger partial charge >= 0.3 is 25.7 Å². The van der Waals surface area contributed by atoms with Crippen LogP contribution in [0, 0.1) is 0 Å². The Bertz CT molecular complexity index is 1640. The highest BCUT2D eigenvalue weighted by Gasteiger charge is 2.28. The van der Waals surface area contributed by atoms with Crippen molar-refractivity contribution in [1.29, 1.82) is 0 Å². The molecular formula is C64H109O11P. The fourth-order valence-electron chi connectivity index (χ4n) is 7.94. The number of aliphatic hydroxyl groups excluding tert-OH is 1. The Balaban J connectivity index is 4.74. The molecule has 76 heavy (non-hydrogen) atoms. The lowest BCUT2D eigenvalue weighted by Gasteiger charge is -2.21. The second-order valence-electron chi connectivity index (χ2n) is 19.7. The molecule has 0 aromatic carbocycles. The summed E-state index contributed by atoms with van der Waals surface area (Å²) in [6.45, 7) is 4.37. The van der Waals surface area contributed by atoms with Crippen LogP contribution in [0.3, 0.4) is 0 Å². The topological polar surface area (TPSA) is 155 Å². The molecule has 0 aliphatic heterocycles. The van der Waals surface area contributed by atoms with Gasteiger partial charge in [-0.3, -0.25) is 23.4 Å². The minimum Gasteiger partial charge on any atom is -0.462 e. The predicted octanol–water partition coefficient (Wildman–Crippen LogP) is 18.0. The summed E-state index contributed by atoms with van der Waals surface area (Å²) in [6.07, 6.45) is 67.8. The van der Waals surface area contributed by atoms with Crippen molar-refractivity contribution >= 4 is 25.7 Å². The lowest BCUT2D eigenvalue weighted by atomic mass is 10.1. The first kappa shape index (κ1) is 72.4. The molecule has 2 N–H and O–H groups in total. The Morgan fingerprint density at radius 3 is 1.05 bits per heavy atom. The molecule has 3 atom stereocenters. The Labute approximate surface area is 463 Å². The van der Waals surface area contributed by atoms with E-state index in [1.54, 1.807) is 0 Å². The molecule has 0 aliphatic carbocycles. The summed E-state index contributed by atoms with van der Waals surface area (Å²) in [5.74, 6) is -1.50. The van der Waals surface area contributed by atoms with Crippen molar-refractivity contribution in [3.63, 3.8) is 0 Å². The first-order chi connectivity index (χ1) is 37.2. The van der Waals surface area contributed by atoms with Crippen molar-refractivity contribution in [3.8, 4) is 0 Å². The van der Waals surface area contributed by atoms with Crippen LogP contribution in [-0.2, 0) is 42.2 Å². The van der Waals surface area contributed by atoms with Crippen LogP contribution in [0.1, 0.15) is 252 Å². The van der Waals surface area contributed by atoms with Gasteiger partial charge in [0.25, 0.3) is 0 Å². The minimum atomic E-state index is -4.76. The fourth-order valence-corrected chi connectivity index (χ4v) is 8.73. The molecule has 0 spiro atoms. The molecule has 0 saturated carbocycles. The number of carbonyl (C=O) groups excluding carboxylic acids is 3. The van der Waals surface area contributed by atoms with Crippen LogP contribution in [0.5, 0.6) is 0 Å². The van der Waals surface area contributed by atoms with Gasteiger partial charge < -0.3 is 24.2 Å². The molecule has 12 heteroatoms. The van der Waals surface area contributed by atoms with Crippen LogP contribution in [0.25, 0.3) is 0 Å². The third-order valence-electron chi connectivity index (χ3n) is 12.5. The maximum Gasteiger partial charge on any atom is 0.472 e. The van der Waals surface area contributed by atoms with Crippen LogP contribution < -0.4 is 0 Å². The van der Waals surface area contributed by atoms with Crippen molar-refractivity contribution in [2.24, 2.45) is 0 Å². The lowest BCUT2D eigenvalue weighted by Crippen LogP contribution is -2.30. The van der Waals surface area contributed by atoms with E-state index in [0.29, 0.717) is 19.3 Å². The number of esters is 3. The number of rotatable bonds is 55. The van der Waals surface area contributed by atoms with Gasteiger partial charge in [-0.1, -0.05) is 214 Å². The van der Waals surface area contributed by atoms with E-state index in [0.717, 1.165) is 148 Å². The molecule has 0 aromatic rings. The van der Waals surface area contributed by atoms with Gasteiger partial charge in [-0.25, -0.2) is 4.57 Å². The van der Waals surface area contributed by atoms with E-state index in [9.17, 15) is 28.9 Å². The van der Waals surface area contributed by atoms with Gasteiger partial charge in [-0.2, -0.15) is 0 Å². The standard InChI is InChI=1S/C64H109O11P/c1-4-7-10-13-16-19-22-25-28-30-33-36-39-42-45-48-51-54-63(67)74-60(56-65)58-72-76(69,70)73-59-61(57-71-62(66)53-50-47-44-41-38-35-32-27-24-21-18-15-12-9-6-3)75-64(68)55-52-49-46-43-40-37-34-31-29-26-23-20-17-14-11-8-5-2/h8-9,11-12,16-21,25-29,32,60-61,65H,4-7,10,13-15,22-24,30-31,33-59H2,1-3H3,(H,69,70)/b11-8-,12-9-,19-16-,20-17-,21-18-,28-25-,29-26-,32-27-. The summed E-state index contributed by atoms with van der Waals surface area (Å²) >= 11 is 0. The molecule has 0 fully saturated rings. The van der Waals surface area contributed by atoms with Crippen molar-refractivity contribution < 1.29 is 52.2 Å². The third-order valence-corrected chi connectivity index (χ3v) is 13.4. The number of carbonyl (C=O) groups is 3. The average Bonchev–Trinajstić information content (AvgIpc) is 3.41. The van der Waals surface area contributed by atoms with Crippen LogP contribution in [-0.4, -0.2) is 66.5 Å². The lowest BCUT2D eigenvalue weighted by molar-refractivity contribution is -0.161. The molecule has 0 bridgehead atoms. The van der Waals surface area contributed by atoms with E-state index in [2.05, 4.69) is 118 Å². The Morgan fingerprint density at radius 1 is 0.382 bits per heavy atom. The summed E-state index contributed by atoms with van der Waals surface area (Å²) in [7, 11) is -4.76. The van der Waals surface area contributed by atoms with Crippen molar-refractivity contribution in [2.75, 3.05) is 26.4 Å². The van der Waals surface area contributed by atoms with Gasteiger partial charge in [-0.05, 0) is 116 Å². The molecule has 0 saturated heterocycles. The van der Waals surface area contributed by atoms with E-state index in [1.165, 1.54) is 44.9 Å². The zero-order chi connectivity index (χ0) is 55.5. The quantitative estimate of drug-likeness (QED) is 0.0197. The highest BCUT2D eigenvalue weighted by molar-refractivity contribution is 7.47. The van der Waals surface area contributed by atoms with Crippen molar-refractivity contribution in [2.45, 2.75) is 264 Å². The van der Waals surface area contributed by atoms with E-state index in [-0.39, 0.29) is 25.9 Å². The molecule has 0 rings (SSSR count). The fraction of sp³-hybridized carbons (Fsp3) is 0.703. The third kappa shape index (κ3) is 55.2. The number of aliphatic hydroxyl groups is 1. The minimum absolute atomic E-state index is 0.148. The van der Waals surface area contributed by atoms with Gasteiger partial charge in [0, 0.05) is 19.3 Å². The molecule has 0 heterocycles. The van der Waals surface area contributed by atoms with Crippen molar-refractivity contribution in [1.82, 2.24) is 0 Å². The van der Waals surface area contributed by atoms with Crippen LogP contribution in [0.15, 0.2) is 97.2 Å². The smallest absolute Gasteiger partial charge is 0.462 e. The van der Waals surface area contributed by atoms with Crippen LogP contribution in [0.2, 0.25) is 0 Å². The van der Waals surface area contributed by atoms with Crippen LogP contribution in [0.4, 0.5) is 0 Å². The monoisotopic (exact) mass is 1080 g/mol. The van der Waals surface area contributed by atoms with Crippen LogP contribution >= 0.6 is 7.82 Å². The molecular weight excluding hydrogens is 976 g/mol. The number of hydrogen-bond acceptors (Lipinski definition) is 10. The number of ether oxygens (including phenoxy) is 3. The summed E-state index contributed by atoms with van der Waals surface area (Å²) in [5.41, 5.74) is 0. The predicted molar refractivity (Wildman–Crippen MR) is 316 cm³/mol. The number of phosphoric ester groups is 1. The molecule has 3 unspecified atom stereocenters. The maximum atomic E-state index is 12.9. The maximum absolute atomic E-state index is 12.9. The number of unbranched alkanes of at least 4 members (excludes halogenated alkanes) is 22. The van der Waals surface area contributed by atoms with Gasteiger partial charge in [0.1, 0.15) is 12.7 Å². The molecule has 436 valence electrons. The SMILES string of the molecule is CC/C=C\C/C=C\C/C=C\CCCCCCCCCC(=O)OC(COC(=O)CCCCCCC/C=C\C/C=C\C/C=C\CC)COP(=O)(O)OCC(CO)OC(=O)CCCCCCCCC/C=C\C/C=C\CCCCC. The second-order valence-corrected chi connectivity index (χ2v) is 21.2. The average molecular weight is 1090 g/mol. The number of phosphoric acid groups is 1. The molecule has 11 nitrogen and oxygen atoms in total. The zero-order valence-corrected chi connectivity index (χ0v) is 49.1. The normalized spacial score (nSPS) is 14.0. The van der Waals surface area contributed by atoms with E-state index in [4.69, 9.17) is 23.3 Å². The number of allylic oxidation sites excluding steroid dienone is 16. The Morgan fingerprint density at radius 2 is 0.684 bits per heavy atom. The van der Waals surface area contributed by atoms with Gasteiger partial charge in [0.15, 0.2) is 6.10 Å². The van der Waals surface area contributed by atoms with Crippen molar-refractivity contribution in [3.05, 3.63) is 97.2 Å². The highest BCUT2D eigenvalue weighted by Crippen LogP contribution is 2.43. The first-order valence-electron chi connectivity index (χ1n) is 30.1. The Hall–Kier alpha value is -3.60. The zero-order valence-electron chi connectivity index (χ0n) is 48.2.